The minimum Gasteiger partial charge on any atom is -0.480 e. The van der Waals surface area contributed by atoms with Crippen LogP contribution in [0.4, 0.5) is 5.69 Å². The third-order valence-electron chi connectivity index (χ3n) is 4.57. The number of ether oxygens (including phenoxy) is 2. The molecule has 0 saturated carbocycles. The number of hydrogen-bond acceptors (Lipinski definition) is 5. The molecule has 1 atom stereocenters. The van der Waals surface area contributed by atoms with Crippen LogP contribution in [0.25, 0.3) is 0 Å². The number of allylic oxidation sites excluding steroid dienone is 1. The van der Waals surface area contributed by atoms with E-state index in [2.05, 4.69) is 16.7 Å². The molecule has 0 aromatic heterocycles. The standard InChI is InChI=1S/C19H24N2O5/c22-18(21-14-6-7-16-17(10-14)26-12-25-16)11-15(19(23)24)20-9-8-13-4-2-1-3-5-13/h4,6-7,10,15,20H,1-3,5,8-9,11-12H2,(H,21,22)(H,23,24)/t15-/m0/s1. The SMILES string of the molecule is O=C(C[C@H](NCCC1=CCCCC1)C(=O)O)Nc1ccc2c(c1)OCO2. The fourth-order valence-electron chi connectivity index (χ4n) is 3.16. The number of nitrogens with one attached hydrogen (secondary N) is 2. The van der Waals surface area contributed by atoms with Crippen molar-refractivity contribution in [1.29, 1.82) is 0 Å². The predicted molar refractivity (Wildman–Crippen MR) is 96.4 cm³/mol. The summed E-state index contributed by atoms with van der Waals surface area (Å²) < 4.78 is 10.5. The number of rotatable bonds is 8. The summed E-state index contributed by atoms with van der Waals surface area (Å²) in [5.41, 5.74) is 1.92. The molecule has 1 aliphatic carbocycles. The Morgan fingerprint density at radius 1 is 1.19 bits per heavy atom. The first-order valence-corrected chi connectivity index (χ1v) is 8.95. The summed E-state index contributed by atoms with van der Waals surface area (Å²) in [7, 11) is 0. The highest BCUT2D eigenvalue weighted by atomic mass is 16.7. The second kappa shape index (κ2) is 8.71. The molecule has 0 fully saturated rings. The largest absolute Gasteiger partial charge is 0.480 e. The minimum absolute atomic E-state index is 0.136. The van der Waals surface area contributed by atoms with Gasteiger partial charge in [-0.05, 0) is 50.8 Å². The maximum absolute atomic E-state index is 12.2. The summed E-state index contributed by atoms with van der Waals surface area (Å²) >= 11 is 0. The molecule has 26 heavy (non-hydrogen) atoms. The fourth-order valence-corrected chi connectivity index (χ4v) is 3.16. The molecule has 0 unspecified atom stereocenters. The van der Waals surface area contributed by atoms with E-state index in [1.54, 1.807) is 18.2 Å². The van der Waals surface area contributed by atoms with Crippen LogP contribution in [0, 0.1) is 0 Å². The van der Waals surface area contributed by atoms with E-state index in [-0.39, 0.29) is 19.1 Å². The lowest BCUT2D eigenvalue weighted by atomic mass is 9.97. The topological polar surface area (TPSA) is 96.9 Å². The number of aliphatic carboxylic acids is 1. The molecule has 1 aliphatic heterocycles. The number of hydrogen-bond donors (Lipinski definition) is 3. The lowest BCUT2D eigenvalue weighted by Gasteiger charge is -2.17. The number of amides is 1. The van der Waals surface area contributed by atoms with Gasteiger partial charge in [-0.25, -0.2) is 0 Å². The molecule has 1 amide bonds. The molecule has 0 bridgehead atoms. The summed E-state index contributed by atoms with van der Waals surface area (Å²) in [6.45, 7) is 0.717. The van der Waals surface area contributed by atoms with Gasteiger partial charge in [-0.3, -0.25) is 9.59 Å². The van der Waals surface area contributed by atoms with Crippen LogP contribution in [0.2, 0.25) is 0 Å². The van der Waals surface area contributed by atoms with E-state index in [1.807, 2.05) is 0 Å². The van der Waals surface area contributed by atoms with Crippen LogP contribution in [0.5, 0.6) is 11.5 Å². The summed E-state index contributed by atoms with van der Waals surface area (Å²) in [6, 6.07) is 4.17. The van der Waals surface area contributed by atoms with E-state index in [1.165, 1.54) is 18.4 Å². The van der Waals surface area contributed by atoms with E-state index in [0.717, 1.165) is 19.3 Å². The van der Waals surface area contributed by atoms with Crippen LogP contribution in [-0.2, 0) is 9.59 Å². The fraction of sp³-hybridized carbons (Fsp3) is 0.474. The molecule has 1 aromatic rings. The number of carboxylic acids is 1. The molecule has 7 nitrogen and oxygen atoms in total. The number of carbonyl (C=O) groups excluding carboxylic acids is 1. The Balaban J connectivity index is 1.48. The van der Waals surface area contributed by atoms with Crippen molar-refractivity contribution in [3.63, 3.8) is 0 Å². The highest BCUT2D eigenvalue weighted by Gasteiger charge is 2.21. The van der Waals surface area contributed by atoms with Crippen LogP contribution in [0.3, 0.4) is 0 Å². The van der Waals surface area contributed by atoms with Crippen molar-refractivity contribution >= 4 is 17.6 Å². The molecule has 0 spiro atoms. The van der Waals surface area contributed by atoms with Gasteiger partial charge in [0.05, 0.1) is 6.42 Å². The number of carbonyl (C=O) groups is 2. The Labute approximate surface area is 152 Å². The first kappa shape index (κ1) is 18.3. The first-order chi connectivity index (χ1) is 12.6. The Bertz CT molecular complexity index is 701. The summed E-state index contributed by atoms with van der Waals surface area (Å²) in [6.07, 6.45) is 7.56. The molecule has 0 radical (unpaired) electrons. The van der Waals surface area contributed by atoms with Gasteiger partial charge in [-0.2, -0.15) is 0 Å². The minimum atomic E-state index is -1.02. The van der Waals surface area contributed by atoms with E-state index in [9.17, 15) is 14.7 Å². The van der Waals surface area contributed by atoms with Gasteiger partial charge in [0.15, 0.2) is 11.5 Å². The highest BCUT2D eigenvalue weighted by Crippen LogP contribution is 2.34. The van der Waals surface area contributed by atoms with Gasteiger partial charge in [-0.1, -0.05) is 11.6 Å². The summed E-state index contributed by atoms with van der Waals surface area (Å²) in [4.78, 5) is 23.6. The first-order valence-electron chi connectivity index (χ1n) is 8.95. The lowest BCUT2D eigenvalue weighted by Crippen LogP contribution is -2.40. The van der Waals surface area contributed by atoms with E-state index >= 15 is 0 Å². The van der Waals surface area contributed by atoms with Crippen molar-refractivity contribution in [3.05, 3.63) is 29.8 Å². The van der Waals surface area contributed by atoms with Crippen LogP contribution in [0.1, 0.15) is 38.5 Å². The number of fused-ring (bicyclic) bond motifs is 1. The predicted octanol–water partition coefficient (Wildman–Crippen LogP) is 2.68. The van der Waals surface area contributed by atoms with E-state index in [0.29, 0.717) is 23.7 Å². The normalized spacial score (nSPS) is 16.7. The maximum Gasteiger partial charge on any atom is 0.321 e. The van der Waals surface area contributed by atoms with Gasteiger partial charge < -0.3 is 25.2 Å². The molecule has 3 N–H and O–H groups in total. The molecule has 7 heteroatoms. The molecule has 140 valence electrons. The highest BCUT2D eigenvalue weighted by molar-refractivity contribution is 5.94. The van der Waals surface area contributed by atoms with Gasteiger partial charge in [0.1, 0.15) is 6.04 Å². The smallest absolute Gasteiger partial charge is 0.321 e. The van der Waals surface area contributed by atoms with Crippen molar-refractivity contribution < 1.29 is 24.2 Å². The quantitative estimate of drug-likeness (QED) is 0.617. The Hall–Kier alpha value is -2.54. The average Bonchev–Trinajstić information content (AvgIpc) is 3.09. The number of benzene rings is 1. The van der Waals surface area contributed by atoms with Gasteiger partial charge in [0, 0.05) is 11.8 Å². The molecular formula is C19H24N2O5. The number of carboxylic acid groups (broad SMARTS) is 1. The Kier molecular flexibility index (Phi) is 6.12. The third kappa shape index (κ3) is 4.98. The molecule has 1 aromatic carbocycles. The molecule has 2 aliphatic rings. The van der Waals surface area contributed by atoms with Gasteiger partial charge in [0.25, 0.3) is 0 Å². The summed E-state index contributed by atoms with van der Waals surface area (Å²) in [5, 5.41) is 15.0. The van der Waals surface area contributed by atoms with Crippen molar-refractivity contribution in [2.45, 2.75) is 44.6 Å². The van der Waals surface area contributed by atoms with Crippen molar-refractivity contribution in [2.75, 3.05) is 18.7 Å². The Morgan fingerprint density at radius 2 is 2.04 bits per heavy atom. The van der Waals surface area contributed by atoms with Crippen LogP contribution >= 0.6 is 0 Å². The van der Waals surface area contributed by atoms with Crippen molar-refractivity contribution in [2.24, 2.45) is 0 Å². The zero-order valence-corrected chi connectivity index (χ0v) is 14.6. The molecule has 3 rings (SSSR count). The monoisotopic (exact) mass is 360 g/mol. The van der Waals surface area contributed by atoms with Crippen LogP contribution in [-0.4, -0.2) is 36.4 Å². The maximum atomic E-state index is 12.2. The average molecular weight is 360 g/mol. The van der Waals surface area contributed by atoms with Crippen LogP contribution in [0.15, 0.2) is 29.8 Å². The lowest BCUT2D eigenvalue weighted by molar-refractivity contribution is -0.141. The van der Waals surface area contributed by atoms with Gasteiger partial charge in [0.2, 0.25) is 12.7 Å². The molecular weight excluding hydrogens is 336 g/mol. The second-order valence-corrected chi connectivity index (χ2v) is 6.52. The number of anilines is 1. The Morgan fingerprint density at radius 3 is 2.81 bits per heavy atom. The molecule has 0 saturated heterocycles. The summed E-state index contributed by atoms with van der Waals surface area (Å²) in [5.74, 6) is -0.189. The van der Waals surface area contributed by atoms with Gasteiger partial charge >= 0.3 is 5.97 Å². The molecule has 1 heterocycles. The second-order valence-electron chi connectivity index (χ2n) is 6.52. The van der Waals surface area contributed by atoms with Gasteiger partial charge in [-0.15, -0.1) is 0 Å². The van der Waals surface area contributed by atoms with E-state index in [4.69, 9.17) is 9.47 Å². The van der Waals surface area contributed by atoms with Crippen molar-refractivity contribution in [1.82, 2.24) is 5.32 Å². The van der Waals surface area contributed by atoms with Crippen molar-refractivity contribution in [3.8, 4) is 11.5 Å². The van der Waals surface area contributed by atoms with E-state index < -0.39 is 12.0 Å². The zero-order valence-electron chi connectivity index (χ0n) is 14.6. The third-order valence-corrected chi connectivity index (χ3v) is 4.57. The zero-order chi connectivity index (χ0) is 18.4. The van der Waals surface area contributed by atoms with Crippen LogP contribution < -0.4 is 20.1 Å².